The molecule has 3 aromatic rings. The normalized spacial score (nSPS) is 12.0. The lowest BCUT2D eigenvalue weighted by Crippen LogP contribution is -2.08. The molecule has 0 spiro atoms. The summed E-state index contributed by atoms with van der Waals surface area (Å²) in [5.74, 6) is 0. The van der Waals surface area contributed by atoms with Crippen molar-refractivity contribution in [2.24, 2.45) is 0 Å². The number of anilines is 1. The number of nitrogens with zero attached hydrogens (tertiary/aromatic N) is 3. The predicted octanol–water partition coefficient (Wildman–Crippen LogP) is 3.50. The molecule has 0 aliphatic carbocycles. The number of aromatic nitrogens is 3. The smallest absolute Gasteiger partial charge is 0.0949 e. The summed E-state index contributed by atoms with van der Waals surface area (Å²) in [6.07, 6.45) is 7.42. The average Bonchev–Trinajstić information content (AvgIpc) is 3.01. The summed E-state index contributed by atoms with van der Waals surface area (Å²) in [6, 6.07) is 14.6. The molecule has 0 saturated carbocycles. The van der Waals surface area contributed by atoms with Gasteiger partial charge in [0.2, 0.25) is 0 Å². The van der Waals surface area contributed by atoms with Crippen LogP contribution < -0.4 is 5.32 Å². The van der Waals surface area contributed by atoms with Gasteiger partial charge in [0.15, 0.2) is 0 Å². The Morgan fingerprint density at radius 3 is 2.86 bits per heavy atom. The number of imidazole rings is 1. The third-order valence-corrected chi connectivity index (χ3v) is 3.37. The highest BCUT2D eigenvalue weighted by Gasteiger charge is 2.06. The standard InChI is InChI=1S/C17H18N4/c1-14(17-7-2-3-8-19-17)20-16-6-4-5-15(11-16)12-21-10-9-18-13-21/h2-11,13-14,20H,12H2,1H3. The molecule has 2 heterocycles. The summed E-state index contributed by atoms with van der Waals surface area (Å²) in [6.45, 7) is 2.94. The van der Waals surface area contributed by atoms with E-state index in [0.29, 0.717) is 0 Å². The van der Waals surface area contributed by atoms with E-state index in [9.17, 15) is 0 Å². The summed E-state index contributed by atoms with van der Waals surface area (Å²) < 4.78 is 2.06. The van der Waals surface area contributed by atoms with E-state index >= 15 is 0 Å². The van der Waals surface area contributed by atoms with Gasteiger partial charge in [-0.2, -0.15) is 0 Å². The van der Waals surface area contributed by atoms with Gasteiger partial charge in [0.05, 0.1) is 18.1 Å². The molecule has 1 N–H and O–H groups in total. The van der Waals surface area contributed by atoms with Crippen molar-refractivity contribution in [1.82, 2.24) is 14.5 Å². The minimum absolute atomic E-state index is 0.176. The van der Waals surface area contributed by atoms with Gasteiger partial charge < -0.3 is 9.88 Å². The highest BCUT2D eigenvalue weighted by Crippen LogP contribution is 2.18. The molecule has 21 heavy (non-hydrogen) atoms. The second-order valence-electron chi connectivity index (χ2n) is 5.06. The first kappa shape index (κ1) is 13.4. The minimum Gasteiger partial charge on any atom is -0.377 e. The van der Waals surface area contributed by atoms with Gasteiger partial charge >= 0.3 is 0 Å². The molecule has 0 radical (unpaired) electrons. The van der Waals surface area contributed by atoms with Crippen LogP contribution >= 0.6 is 0 Å². The molecule has 3 rings (SSSR count). The van der Waals surface area contributed by atoms with E-state index < -0.39 is 0 Å². The quantitative estimate of drug-likeness (QED) is 0.776. The summed E-state index contributed by atoms with van der Waals surface area (Å²) in [4.78, 5) is 8.45. The van der Waals surface area contributed by atoms with Crippen molar-refractivity contribution in [3.8, 4) is 0 Å². The Balaban J connectivity index is 1.71. The van der Waals surface area contributed by atoms with Gasteiger partial charge in [-0.15, -0.1) is 0 Å². The molecule has 4 heteroatoms. The van der Waals surface area contributed by atoms with Crippen molar-refractivity contribution in [3.05, 3.63) is 78.6 Å². The molecule has 0 saturated heterocycles. The molecule has 2 aromatic heterocycles. The van der Waals surface area contributed by atoms with Crippen molar-refractivity contribution in [2.75, 3.05) is 5.32 Å². The highest BCUT2D eigenvalue weighted by atomic mass is 15.0. The van der Waals surface area contributed by atoms with E-state index in [1.54, 1.807) is 6.20 Å². The largest absolute Gasteiger partial charge is 0.377 e. The van der Waals surface area contributed by atoms with Crippen LogP contribution in [-0.2, 0) is 6.54 Å². The number of rotatable bonds is 5. The summed E-state index contributed by atoms with van der Waals surface area (Å²) in [5.41, 5.74) is 3.38. The second-order valence-corrected chi connectivity index (χ2v) is 5.06. The monoisotopic (exact) mass is 278 g/mol. The number of hydrogen-bond acceptors (Lipinski definition) is 3. The van der Waals surface area contributed by atoms with Gasteiger partial charge in [0.1, 0.15) is 0 Å². The zero-order chi connectivity index (χ0) is 14.5. The van der Waals surface area contributed by atoms with Crippen LogP contribution in [0.5, 0.6) is 0 Å². The maximum Gasteiger partial charge on any atom is 0.0949 e. The lowest BCUT2D eigenvalue weighted by Gasteiger charge is -2.15. The Labute approximate surface area is 124 Å². The summed E-state index contributed by atoms with van der Waals surface area (Å²) in [7, 11) is 0. The van der Waals surface area contributed by atoms with Crippen LogP contribution in [0, 0.1) is 0 Å². The van der Waals surface area contributed by atoms with Gasteiger partial charge in [0.25, 0.3) is 0 Å². The molecule has 0 fully saturated rings. The van der Waals surface area contributed by atoms with Crippen molar-refractivity contribution in [3.63, 3.8) is 0 Å². The number of hydrogen-bond donors (Lipinski definition) is 1. The third-order valence-electron chi connectivity index (χ3n) is 3.37. The number of nitrogens with one attached hydrogen (secondary N) is 1. The molecule has 0 aliphatic rings. The van der Waals surface area contributed by atoms with Crippen LogP contribution in [0.1, 0.15) is 24.2 Å². The Hall–Kier alpha value is -2.62. The SMILES string of the molecule is CC(Nc1cccc(Cn2ccnc2)c1)c1ccccn1. The van der Waals surface area contributed by atoms with Gasteiger partial charge in [-0.25, -0.2) is 4.98 Å². The van der Waals surface area contributed by atoms with Gasteiger partial charge in [-0.3, -0.25) is 4.98 Å². The first-order chi connectivity index (χ1) is 10.3. The fourth-order valence-corrected chi connectivity index (χ4v) is 2.31. The fraction of sp³-hybridized carbons (Fsp3) is 0.176. The third kappa shape index (κ3) is 3.48. The average molecular weight is 278 g/mol. The molecule has 0 aliphatic heterocycles. The Morgan fingerprint density at radius 1 is 1.14 bits per heavy atom. The maximum absolute atomic E-state index is 4.38. The fourth-order valence-electron chi connectivity index (χ4n) is 2.31. The van der Waals surface area contributed by atoms with E-state index in [1.807, 2.05) is 36.9 Å². The molecule has 1 aromatic carbocycles. The van der Waals surface area contributed by atoms with E-state index in [1.165, 1.54) is 5.56 Å². The highest BCUT2D eigenvalue weighted by molar-refractivity contribution is 5.47. The van der Waals surface area contributed by atoms with Crippen LogP contribution in [0.4, 0.5) is 5.69 Å². The number of pyridine rings is 1. The lowest BCUT2D eigenvalue weighted by molar-refractivity contribution is 0.795. The predicted molar refractivity (Wildman–Crippen MR) is 84.0 cm³/mol. The van der Waals surface area contributed by atoms with Crippen LogP contribution in [0.2, 0.25) is 0 Å². The summed E-state index contributed by atoms with van der Waals surface area (Å²) in [5, 5.41) is 3.49. The van der Waals surface area contributed by atoms with Crippen LogP contribution in [0.3, 0.4) is 0 Å². The Kier molecular flexibility index (Phi) is 3.96. The molecule has 1 atom stereocenters. The number of benzene rings is 1. The maximum atomic E-state index is 4.38. The van der Waals surface area contributed by atoms with Gasteiger partial charge in [-0.05, 0) is 36.8 Å². The molecule has 1 unspecified atom stereocenters. The first-order valence-corrected chi connectivity index (χ1v) is 7.03. The van der Waals surface area contributed by atoms with E-state index in [4.69, 9.17) is 0 Å². The van der Waals surface area contributed by atoms with Gasteiger partial charge in [0, 0.05) is 30.8 Å². The first-order valence-electron chi connectivity index (χ1n) is 7.03. The van der Waals surface area contributed by atoms with Crippen molar-refractivity contribution in [1.29, 1.82) is 0 Å². The molecule has 106 valence electrons. The van der Waals surface area contributed by atoms with E-state index in [0.717, 1.165) is 17.9 Å². The molecular weight excluding hydrogens is 260 g/mol. The van der Waals surface area contributed by atoms with E-state index in [-0.39, 0.29) is 6.04 Å². The zero-order valence-electron chi connectivity index (χ0n) is 12.0. The molecule has 4 nitrogen and oxygen atoms in total. The lowest BCUT2D eigenvalue weighted by atomic mass is 10.1. The van der Waals surface area contributed by atoms with Crippen LogP contribution in [0.15, 0.2) is 67.4 Å². The zero-order valence-corrected chi connectivity index (χ0v) is 12.0. The second kappa shape index (κ2) is 6.22. The van der Waals surface area contributed by atoms with Crippen molar-refractivity contribution >= 4 is 5.69 Å². The summed E-state index contributed by atoms with van der Waals surface area (Å²) >= 11 is 0. The van der Waals surface area contributed by atoms with E-state index in [2.05, 4.69) is 51.0 Å². The van der Waals surface area contributed by atoms with Crippen molar-refractivity contribution < 1.29 is 0 Å². The topological polar surface area (TPSA) is 42.7 Å². The molecule has 0 bridgehead atoms. The Bertz CT molecular complexity index is 677. The van der Waals surface area contributed by atoms with Crippen LogP contribution in [0.25, 0.3) is 0 Å². The molecular formula is C17H18N4. The van der Waals surface area contributed by atoms with Crippen molar-refractivity contribution in [2.45, 2.75) is 19.5 Å². The molecule has 0 amide bonds. The van der Waals surface area contributed by atoms with Gasteiger partial charge in [-0.1, -0.05) is 18.2 Å². The van der Waals surface area contributed by atoms with Crippen LogP contribution in [-0.4, -0.2) is 14.5 Å². The Morgan fingerprint density at radius 2 is 2.10 bits per heavy atom. The minimum atomic E-state index is 0.176.